The molecule has 0 fully saturated rings. The van der Waals surface area contributed by atoms with Crippen LogP contribution in [0.4, 0.5) is 0 Å². The Bertz CT molecular complexity index is 736. The van der Waals surface area contributed by atoms with Crippen LogP contribution in [0.2, 0.25) is 0 Å². The summed E-state index contributed by atoms with van der Waals surface area (Å²) in [7, 11) is 1.60. The van der Waals surface area contributed by atoms with Crippen LogP contribution in [0, 0.1) is 0 Å². The molecule has 2 rings (SSSR count). The lowest BCUT2D eigenvalue weighted by Crippen LogP contribution is -2.40. The third-order valence-corrected chi connectivity index (χ3v) is 3.85. The lowest BCUT2D eigenvalue weighted by atomic mass is 10.1. The van der Waals surface area contributed by atoms with Crippen molar-refractivity contribution in [3.63, 3.8) is 0 Å². The summed E-state index contributed by atoms with van der Waals surface area (Å²) in [5, 5.41) is 13.5. The van der Waals surface area contributed by atoms with Crippen molar-refractivity contribution in [3.05, 3.63) is 48.3 Å². The molecule has 1 aromatic heterocycles. The van der Waals surface area contributed by atoms with E-state index in [4.69, 9.17) is 4.74 Å². The van der Waals surface area contributed by atoms with Gasteiger partial charge in [-0.2, -0.15) is 5.10 Å². The van der Waals surface area contributed by atoms with Crippen molar-refractivity contribution < 1.29 is 9.53 Å². The number of nitrogens with zero attached hydrogens (tertiary/aromatic N) is 3. The van der Waals surface area contributed by atoms with Gasteiger partial charge in [-0.25, -0.2) is 9.67 Å². The smallest absolute Gasteiger partial charge is 0.241 e. The molecule has 1 amide bonds. The number of guanidine groups is 1. The van der Waals surface area contributed by atoms with Crippen molar-refractivity contribution in [2.75, 3.05) is 33.4 Å². The summed E-state index contributed by atoms with van der Waals surface area (Å²) in [5.74, 6) is 0.453. The molecule has 0 saturated heterocycles. The second kappa shape index (κ2) is 13.1. The topological polar surface area (TPSA) is 92.6 Å². The van der Waals surface area contributed by atoms with Gasteiger partial charge in [-0.3, -0.25) is 4.79 Å². The first-order valence-electron chi connectivity index (χ1n) is 9.04. The third kappa shape index (κ3) is 7.85. The Balaban J connectivity index is 0.00000392. The number of carbonyl (C=O) groups excluding carboxylic acids is 1. The van der Waals surface area contributed by atoms with Gasteiger partial charge in [0.25, 0.3) is 0 Å². The molecule has 2 aromatic rings. The Morgan fingerprint density at radius 1 is 1.32 bits per heavy atom. The number of aliphatic imine (C=N–C) groups is 1. The van der Waals surface area contributed by atoms with Crippen molar-refractivity contribution in [3.8, 4) is 5.69 Å². The van der Waals surface area contributed by atoms with Crippen molar-refractivity contribution in [2.24, 2.45) is 4.99 Å². The minimum atomic E-state index is -0.141. The Labute approximate surface area is 183 Å². The molecule has 8 nitrogen and oxygen atoms in total. The van der Waals surface area contributed by atoms with Crippen LogP contribution in [0.1, 0.15) is 25.5 Å². The van der Waals surface area contributed by atoms with Crippen LogP contribution in [0.25, 0.3) is 5.69 Å². The molecule has 154 valence electrons. The zero-order valence-corrected chi connectivity index (χ0v) is 18.8. The second-order valence-corrected chi connectivity index (χ2v) is 5.95. The van der Waals surface area contributed by atoms with Crippen molar-refractivity contribution in [1.82, 2.24) is 25.7 Å². The number of methoxy groups -OCH3 is 1. The number of benzene rings is 1. The molecule has 0 bridgehead atoms. The molecule has 0 saturated carbocycles. The van der Waals surface area contributed by atoms with E-state index in [0.717, 1.165) is 11.3 Å². The summed E-state index contributed by atoms with van der Waals surface area (Å²) in [4.78, 5) is 16.2. The molecule has 3 N–H and O–H groups in total. The van der Waals surface area contributed by atoms with Gasteiger partial charge >= 0.3 is 0 Å². The van der Waals surface area contributed by atoms with Gasteiger partial charge in [0.05, 0.1) is 18.3 Å². The number of hydrogen-bond donors (Lipinski definition) is 3. The Morgan fingerprint density at radius 3 is 2.82 bits per heavy atom. The second-order valence-electron chi connectivity index (χ2n) is 5.95. The standard InChI is InChI=1S/C19H28N6O2.HI/c1-4-20-19(22-14-18(26)21-10-12-27-3)24-15(2)16-7-5-8-17(13-16)25-11-6-9-23-25;/h5-9,11,13,15H,4,10,12,14H2,1-3H3,(H,21,26)(H2,20,22,24);1H. The van der Waals surface area contributed by atoms with Gasteiger partial charge in [-0.1, -0.05) is 12.1 Å². The van der Waals surface area contributed by atoms with Gasteiger partial charge < -0.3 is 20.7 Å². The Kier molecular flexibility index (Phi) is 11.2. The molecule has 9 heteroatoms. The minimum absolute atomic E-state index is 0. The molecule has 0 spiro atoms. The molecule has 1 aromatic carbocycles. The molecule has 0 aliphatic carbocycles. The maximum atomic E-state index is 11.8. The van der Waals surface area contributed by atoms with Gasteiger partial charge in [0.15, 0.2) is 5.96 Å². The highest BCUT2D eigenvalue weighted by atomic mass is 127. The molecular formula is C19H29IN6O2. The third-order valence-electron chi connectivity index (χ3n) is 3.85. The summed E-state index contributed by atoms with van der Waals surface area (Å²) >= 11 is 0. The van der Waals surface area contributed by atoms with E-state index in [1.54, 1.807) is 13.3 Å². The van der Waals surface area contributed by atoms with E-state index in [2.05, 4.69) is 32.1 Å². The number of nitrogens with one attached hydrogen (secondary N) is 3. The van der Waals surface area contributed by atoms with Crippen LogP contribution in [-0.4, -0.2) is 55.0 Å². The molecule has 0 radical (unpaired) electrons. The number of amides is 1. The molecule has 0 aliphatic rings. The van der Waals surface area contributed by atoms with E-state index in [0.29, 0.717) is 25.7 Å². The van der Waals surface area contributed by atoms with E-state index in [9.17, 15) is 4.79 Å². The van der Waals surface area contributed by atoms with Crippen LogP contribution >= 0.6 is 24.0 Å². The predicted molar refractivity (Wildman–Crippen MR) is 121 cm³/mol. The van der Waals surface area contributed by atoms with Gasteiger partial charge in [-0.05, 0) is 37.6 Å². The predicted octanol–water partition coefficient (Wildman–Crippen LogP) is 1.87. The molecular weight excluding hydrogens is 471 g/mol. The average Bonchev–Trinajstić information content (AvgIpc) is 3.21. The van der Waals surface area contributed by atoms with E-state index < -0.39 is 0 Å². The Morgan fingerprint density at radius 2 is 2.14 bits per heavy atom. The lowest BCUT2D eigenvalue weighted by molar-refractivity contribution is -0.119. The quantitative estimate of drug-likeness (QED) is 0.212. The van der Waals surface area contributed by atoms with Gasteiger partial charge in [0, 0.05) is 32.6 Å². The van der Waals surface area contributed by atoms with Gasteiger partial charge in [0.2, 0.25) is 5.91 Å². The monoisotopic (exact) mass is 500 g/mol. The summed E-state index contributed by atoms with van der Waals surface area (Å²) in [6.45, 7) is 5.76. The fraction of sp³-hybridized carbons (Fsp3) is 0.421. The van der Waals surface area contributed by atoms with Gasteiger partial charge in [-0.15, -0.1) is 24.0 Å². The maximum Gasteiger partial charge on any atom is 0.241 e. The molecule has 0 aliphatic heterocycles. The fourth-order valence-corrected chi connectivity index (χ4v) is 2.47. The Hall–Kier alpha value is -2.14. The van der Waals surface area contributed by atoms with E-state index in [1.807, 2.05) is 49.0 Å². The first-order valence-corrected chi connectivity index (χ1v) is 9.04. The first-order chi connectivity index (χ1) is 13.1. The number of halogens is 1. The summed E-state index contributed by atoms with van der Waals surface area (Å²) in [6, 6.07) is 10.0. The van der Waals surface area contributed by atoms with Crippen LogP contribution in [0.3, 0.4) is 0 Å². The average molecular weight is 500 g/mol. The summed E-state index contributed by atoms with van der Waals surface area (Å²) in [6.07, 6.45) is 3.66. The van der Waals surface area contributed by atoms with Crippen molar-refractivity contribution in [1.29, 1.82) is 0 Å². The number of aromatic nitrogens is 2. The van der Waals surface area contributed by atoms with Crippen LogP contribution in [-0.2, 0) is 9.53 Å². The number of carbonyl (C=O) groups is 1. The van der Waals surface area contributed by atoms with E-state index >= 15 is 0 Å². The van der Waals surface area contributed by atoms with Crippen LogP contribution in [0.15, 0.2) is 47.7 Å². The van der Waals surface area contributed by atoms with Crippen LogP contribution in [0.5, 0.6) is 0 Å². The first kappa shape index (κ1) is 23.9. The summed E-state index contributed by atoms with van der Waals surface area (Å²) in [5.41, 5.74) is 2.09. The number of ether oxygens (including phenoxy) is 1. The van der Waals surface area contributed by atoms with Crippen molar-refractivity contribution >= 4 is 35.8 Å². The highest BCUT2D eigenvalue weighted by Gasteiger charge is 2.10. The zero-order chi connectivity index (χ0) is 19.5. The molecule has 1 unspecified atom stereocenters. The largest absolute Gasteiger partial charge is 0.383 e. The normalized spacial score (nSPS) is 12.0. The maximum absolute atomic E-state index is 11.8. The van der Waals surface area contributed by atoms with Gasteiger partial charge in [0.1, 0.15) is 6.54 Å². The lowest BCUT2D eigenvalue weighted by Gasteiger charge is -2.19. The highest BCUT2D eigenvalue weighted by molar-refractivity contribution is 14.0. The molecule has 1 atom stereocenters. The van der Waals surface area contributed by atoms with E-state index in [1.165, 1.54) is 0 Å². The fourth-order valence-electron chi connectivity index (χ4n) is 2.47. The SMILES string of the molecule is CCNC(=NCC(=O)NCCOC)NC(C)c1cccc(-n2cccn2)c1.I. The minimum Gasteiger partial charge on any atom is -0.383 e. The van der Waals surface area contributed by atoms with Crippen molar-refractivity contribution in [2.45, 2.75) is 19.9 Å². The summed E-state index contributed by atoms with van der Waals surface area (Å²) < 4.78 is 6.73. The van der Waals surface area contributed by atoms with Crippen LogP contribution < -0.4 is 16.0 Å². The number of rotatable bonds is 9. The number of hydrogen-bond acceptors (Lipinski definition) is 4. The zero-order valence-electron chi connectivity index (χ0n) is 16.5. The molecule has 1 heterocycles. The van der Waals surface area contributed by atoms with E-state index in [-0.39, 0.29) is 42.5 Å². The highest BCUT2D eigenvalue weighted by Crippen LogP contribution is 2.16. The molecule has 28 heavy (non-hydrogen) atoms.